The van der Waals surface area contributed by atoms with Gasteiger partial charge in [-0.3, -0.25) is 0 Å². The number of carbonyl (C=O) groups is 1. The van der Waals surface area contributed by atoms with Crippen LogP contribution in [0, 0.1) is 0 Å². The van der Waals surface area contributed by atoms with Gasteiger partial charge in [0.05, 0.1) is 12.2 Å². The molecule has 2 rings (SSSR count). The molecule has 1 N–H and O–H groups in total. The maximum Gasteiger partial charge on any atom is 0.358 e. The summed E-state index contributed by atoms with van der Waals surface area (Å²) in [5, 5.41) is 16.5. The van der Waals surface area contributed by atoms with E-state index in [1.807, 2.05) is 31.2 Å². The third kappa shape index (κ3) is 3.36. The molecule has 1 aromatic heterocycles. The second-order valence-electron chi connectivity index (χ2n) is 4.07. The van der Waals surface area contributed by atoms with Gasteiger partial charge in [0.1, 0.15) is 12.4 Å². The average Bonchev–Trinajstić information content (AvgIpc) is 2.82. The van der Waals surface area contributed by atoms with Gasteiger partial charge in [0, 0.05) is 4.47 Å². The number of halogens is 1. The lowest BCUT2D eigenvalue weighted by Crippen LogP contribution is -2.13. The highest BCUT2D eigenvalue weighted by Crippen LogP contribution is 2.17. The van der Waals surface area contributed by atoms with E-state index in [4.69, 9.17) is 9.84 Å². The van der Waals surface area contributed by atoms with Crippen LogP contribution in [0.4, 0.5) is 0 Å². The first-order valence-corrected chi connectivity index (χ1v) is 6.95. The third-order valence-electron chi connectivity index (χ3n) is 2.74. The maximum atomic E-state index is 11.0. The summed E-state index contributed by atoms with van der Waals surface area (Å²) in [5.74, 6) is -0.308. The minimum absolute atomic E-state index is 0.00922. The molecule has 0 bridgehead atoms. The van der Waals surface area contributed by atoms with Crippen LogP contribution in [0.15, 0.2) is 28.7 Å². The Morgan fingerprint density at radius 2 is 2.30 bits per heavy atom. The Bertz CT molecular complexity index is 613. The van der Waals surface area contributed by atoms with Gasteiger partial charge in [0.15, 0.2) is 5.69 Å². The molecule has 7 heteroatoms. The van der Waals surface area contributed by atoms with Gasteiger partial charge in [-0.2, -0.15) is 0 Å². The van der Waals surface area contributed by atoms with Crippen molar-refractivity contribution in [3.63, 3.8) is 0 Å². The molecule has 106 valence electrons. The van der Waals surface area contributed by atoms with E-state index in [1.54, 1.807) is 4.68 Å². The Morgan fingerprint density at radius 3 is 2.95 bits per heavy atom. The van der Waals surface area contributed by atoms with Crippen molar-refractivity contribution in [3.05, 3.63) is 40.1 Å². The minimum Gasteiger partial charge on any atom is -0.492 e. The molecule has 0 amide bonds. The number of nitrogens with zero attached hydrogens (tertiary/aromatic N) is 3. The molecule has 0 aliphatic rings. The molecule has 0 saturated carbocycles. The third-order valence-corrected chi connectivity index (χ3v) is 3.24. The summed E-state index contributed by atoms with van der Waals surface area (Å²) in [7, 11) is 0. The zero-order chi connectivity index (χ0) is 14.5. The fraction of sp³-hybridized carbons (Fsp3) is 0.308. The lowest BCUT2D eigenvalue weighted by atomic mass is 10.2. The van der Waals surface area contributed by atoms with Crippen LogP contribution < -0.4 is 4.74 Å². The van der Waals surface area contributed by atoms with Gasteiger partial charge in [-0.05, 0) is 24.6 Å². The lowest BCUT2D eigenvalue weighted by molar-refractivity contribution is 0.0689. The standard InChI is InChI=1S/C13H14BrN3O3/c1-2-11-12(13(18)19)15-16-17(11)6-7-20-10-5-3-4-9(14)8-10/h3-5,8H,2,6-7H2,1H3,(H,18,19). The second kappa shape index (κ2) is 6.51. The number of benzene rings is 1. The molecular formula is C13H14BrN3O3. The summed E-state index contributed by atoms with van der Waals surface area (Å²) >= 11 is 3.37. The first-order chi connectivity index (χ1) is 9.61. The molecule has 0 unspecified atom stereocenters. The van der Waals surface area contributed by atoms with Crippen molar-refractivity contribution >= 4 is 21.9 Å². The Morgan fingerprint density at radius 1 is 1.50 bits per heavy atom. The summed E-state index contributed by atoms with van der Waals surface area (Å²) in [6, 6.07) is 7.52. The van der Waals surface area contributed by atoms with Crippen molar-refractivity contribution in [2.24, 2.45) is 0 Å². The van der Waals surface area contributed by atoms with Gasteiger partial charge >= 0.3 is 5.97 Å². The van der Waals surface area contributed by atoms with E-state index in [9.17, 15) is 4.79 Å². The van der Waals surface area contributed by atoms with Crippen molar-refractivity contribution < 1.29 is 14.6 Å². The van der Waals surface area contributed by atoms with Crippen LogP contribution >= 0.6 is 15.9 Å². The molecule has 1 aromatic carbocycles. The molecule has 0 radical (unpaired) electrons. The number of carboxylic acids is 1. The first kappa shape index (κ1) is 14.5. The van der Waals surface area contributed by atoms with E-state index in [-0.39, 0.29) is 5.69 Å². The SMILES string of the molecule is CCc1c(C(=O)O)nnn1CCOc1cccc(Br)c1. The zero-order valence-corrected chi connectivity index (χ0v) is 12.5. The minimum atomic E-state index is -1.05. The number of ether oxygens (including phenoxy) is 1. The molecule has 0 atom stereocenters. The van der Waals surface area contributed by atoms with Gasteiger partial charge in [0.2, 0.25) is 0 Å². The number of hydrogen-bond acceptors (Lipinski definition) is 4. The number of aromatic carboxylic acids is 1. The Labute approximate surface area is 124 Å². The number of rotatable bonds is 6. The fourth-order valence-electron chi connectivity index (χ4n) is 1.84. The lowest BCUT2D eigenvalue weighted by Gasteiger charge is -2.08. The van der Waals surface area contributed by atoms with Crippen molar-refractivity contribution in [3.8, 4) is 5.75 Å². The number of aromatic nitrogens is 3. The second-order valence-corrected chi connectivity index (χ2v) is 4.99. The van der Waals surface area contributed by atoms with E-state index >= 15 is 0 Å². The molecule has 0 aliphatic heterocycles. The smallest absolute Gasteiger partial charge is 0.358 e. The molecule has 0 saturated heterocycles. The molecule has 2 aromatic rings. The summed E-state index contributed by atoms with van der Waals surface area (Å²) in [6.07, 6.45) is 0.561. The molecule has 1 heterocycles. The van der Waals surface area contributed by atoms with E-state index in [0.29, 0.717) is 25.3 Å². The average molecular weight is 340 g/mol. The van der Waals surface area contributed by atoms with Gasteiger partial charge in [0.25, 0.3) is 0 Å². The Kier molecular flexibility index (Phi) is 4.73. The first-order valence-electron chi connectivity index (χ1n) is 6.15. The van der Waals surface area contributed by atoms with Crippen LogP contribution in [0.25, 0.3) is 0 Å². The Hall–Kier alpha value is -1.89. The summed E-state index contributed by atoms with van der Waals surface area (Å²) < 4.78 is 8.11. The van der Waals surface area contributed by atoms with E-state index in [1.165, 1.54) is 0 Å². The van der Waals surface area contributed by atoms with Crippen LogP contribution in [0.2, 0.25) is 0 Å². The highest BCUT2D eigenvalue weighted by atomic mass is 79.9. The highest BCUT2D eigenvalue weighted by Gasteiger charge is 2.16. The predicted octanol–water partition coefficient (Wildman–Crippen LogP) is 2.38. The molecule has 0 aliphatic carbocycles. The zero-order valence-electron chi connectivity index (χ0n) is 10.9. The quantitative estimate of drug-likeness (QED) is 0.874. The molecule has 0 spiro atoms. The number of carboxylic acid groups (broad SMARTS) is 1. The van der Waals surface area contributed by atoms with Crippen molar-refractivity contribution in [1.82, 2.24) is 15.0 Å². The van der Waals surface area contributed by atoms with Gasteiger partial charge in [-0.15, -0.1) is 5.10 Å². The molecule has 6 nitrogen and oxygen atoms in total. The van der Waals surface area contributed by atoms with Gasteiger partial charge in [-0.1, -0.05) is 34.1 Å². The van der Waals surface area contributed by atoms with Crippen LogP contribution in [-0.4, -0.2) is 32.7 Å². The van der Waals surface area contributed by atoms with Crippen LogP contribution in [0.3, 0.4) is 0 Å². The van der Waals surface area contributed by atoms with Gasteiger partial charge in [-0.25, -0.2) is 9.48 Å². The molecule has 20 heavy (non-hydrogen) atoms. The summed E-state index contributed by atoms with van der Waals surface area (Å²) in [5.41, 5.74) is 0.616. The number of hydrogen-bond donors (Lipinski definition) is 1. The largest absolute Gasteiger partial charge is 0.492 e. The van der Waals surface area contributed by atoms with Crippen molar-refractivity contribution in [2.75, 3.05) is 6.61 Å². The van der Waals surface area contributed by atoms with Crippen LogP contribution in [0.1, 0.15) is 23.1 Å². The van der Waals surface area contributed by atoms with Crippen LogP contribution in [0.5, 0.6) is 5.75 Å². The summed E-state index contributed by atoms with van der Waals surface area (Å²) in [4.78, 5) is 11.0. The molecule has 0 fully saturated rings. The fourth-order valence-corrected chi connectivity index (χ4v) is 2.21. The van der Waals surface area contributed by atoms with Crippen LogP contribution in [-0.2, 0) is 13.0 Å². The normalized spacial score (nSPS) is 10.5. The van der Waals surface area contributed by atoms with E-state index < -0.39 is 5.97 Å². The van der Waals surface area contributed by atoms with Crippen molar-refractivity contribution in [2.45, 2.75) is 19.9 Å². The maximum absolute atomic E-state index is 11.0. The monoisotopic (exact) mass is 339 g/mol. The molecular weight excluding hydrogens is 326 g/mol. The van der Waals surface area contributed by atoms with E-state index in [0.717, 1.165) is 10.2 Å². The van der Waals surface area contributed by atoms with Crippen molar-refractivity contribution in [1.29, 1.82) is 0 Å². The van der Waals surface area contributed by atoms with E-state index in [2.05, 4.69) is 26.2 Å². The van der Waals surface area contributed by atoms with Gasteiger partial charge < -0.3 is 9.84 Å². The predicted molar refractivity (Wildman–Crippen MR) is 76.0 cm³/mol. The Balaban J connectivity index is 1.99. The topological polar surface area (TPSA) is 77.2 Å². The highest BCUT2D eigenvalue weighted by molar-refractivity contribution is 9.10. The summed E-state index contributed by atoms with van der Waals surface area (Å²) in [6.45, 7) is 2.72.